The molecule has 0 aliphatic rings. The van der Waals surface area contributed by atoms with Crippen molar-refractivity contribution in [2.24, 2.45) is 0 Å². The highest BCUT2D eigenvalue weighted by atomic mass is 16.5. The molecule has 2 amide bonds. The second-order valence-electron chi connectivity index (χ2n) is 5.73. The Balaban J connectivity index is 1.72. The van der Waals surface area contributed by atoms with E-state index in [-0.39, 0.29) is 0 Å². The number of methoxy groups -OCH3 is 1. The number of fused-ring (bicyclic) bond motifs is 1. The molecule has 0 aliphatic heterocycles. The summed E-state index contributed by atoms with van der Waals surface area (Å²) in [5.74, 6) is 0.157. The first-order valence-electron chi connectivity index (χ1n) is 8.53. The summed E-state index contributed by atoms with van der Waals surface area (Å²) in [5.41, 5.74) is 5.71. The fourth-order valence-corrected chi connectivity index (χ4v) is 2.76. The first-order valence-corrected chi connectivity index (χ1v) is 8.53. The minimum Gasteiger partial charge on any atom is -0.493 e. The molecule has 0 aliphatic carbocycles. The molecule has 0 fully saturated rings. The number of ether oxygens (including phenoxy) is 2. The van der Waals surface area contributed by atoms with Gasteiger partial charge in [0.05, 0.1) is 13.7 Å². The Morgan fingerprint density at radius 3 is 2.41 bits per heavy atom. The summed E-state index contributed by atoms with van der Waals surface area (Å²) in [5, 5.41) is 1.77. The van der Waals surface area contributed by atoms with Gasteiger partial charge in [0, 0.05) is 11.1 Å². The smallest absolute Gasteiger partial charge is 0.270 e. The van der Waals surface area contributed by atoms with Gasteiger partial charge in [-0.1, -0.05) is 36.4 Å². The van der Waals surface area contributed by atoms with Crippen LogP contribution in [0.3, 0.4) is 0 Å². The molecule has 3 rings (SSSR count). The molecule has 0 bridgehead atoms. The van der Waals surface area contributed by atoms with Crippen molar-refractivity contribution < 1.29 is 19.1 Å². The molecule has 0 heterocycles. The molecule has 6 heteroatoms. The quantitative estimate of drug-likeness (QED) is 0.681. The van der Waals surface area contributed by atoms with Crippen LogP contribution < -0.4 is 20.3 Å². The van der Waals surface area contributed by atoms with Gasteiger partial charge < -0.3 is 9.47 Å². The van der Waals surface area contributed by atoms with Crippen molar-refractivity contribution in [1.82, 2.24) is 10.9 Å². The second-order valence-corrected chi connectivity index (χ2v) is 5.73. The topological polar surface area (TPSA) is 76.7 Å². The lowest BCUT2D eigenvalue weighted by molar-refractivity contribution is 0.0847. The summed E-state index contributed by atoms with van der Waals surface area (Å²) in [4.78, 5) is 24.8. The summed E-state index contributed by atoms with van der Waals surface area (Å²) in [6.07, 6.45) is 0. The average molecular weight is 364 g/mol. The van der Waals surface area contributed by atoms with Gasteiger partial charge in [-0.3, -0.25) is 20.4 Å². The molecule has 0 saturated heterocycles. The van der Waals surface area contributed by atoms with E-state index in [0.717, 1.165) is 10.8 Å². The molecular weight excluding hydrogens is 344 g/mol. The predicted molar refractivity (Wildman–Crippen MR) is 103 cm³/mol. The number of amides is 2. The fraction of sp³-hybridized carbons (Fsp3) is 0.143. The number of rotatable bonds is 5. The Morgan fingerprint density at radius 1 is 0.889 bits per heavy atom. The van der Waals surface area contributed by atoms with E-state index in [0.29, 0.717) is 29.2 Å². The molecular formula is C21H20N2O4. The van der Waals surface area contributed by atoms with E-state index < -0.39 is 11.8 Å². The van der Waals surface area contributed by atoms with Crippen LogP contribution in [-0.2, 0) is 0 Å². The van der Waals surface area contributed by atoms with Crippen molar-refractivity contribution in [3.8, 4) is 11.5 Å². The Morgan fingerprint density at radius 2 is 1.63 bits per heavy atom. The van der Waals surface area contributed by atoms with Crippen molar-refractivity contribution >= 4 is 22.6 Å². The minimum atomic E-state index is -0.454. The number of carbonyl (C=O) groups is 2. The largest absolute Gasteiger partial charge is 0.493 e. The lowest BCUT2D eigenvalue weighted by Gasteiger charge is -2.12. The summed E-state index contributed by atoms with van der Waals surface area (Å²) in [7, 11) is 1.50. The fourth-order valence-electron chi connectivity index (χ4n) is 2.76. The SMILES string of the molecule is CCOc1ccc(C(=O)NNC(=O)c2cccc3ccccc23)cc1OC. The summed E-state index contributed by atoms with van der Waals surface area (Å²) in [6, 6.07) is 17.8. The van der Waals surface area contributed by atoms with Gasteiger partial charge in [0.25, 0.3) is 11.8 Å². The number of hydrogen-bond acceptors (Lipinski definition) is 4. The molecule has 3 aromatic rings. The Bertz CT molecular complexity index is 980. The van der Waals surface area contributed by atoms with E-state index in [9.17, 15) is 9.59 Å². The standard InChI is InChI=1S/C21H20N2O4/c1-3-27-18-12-11-15(13-19(18)26-2)20(24)22-23-21(25)17-10-6-8-14-7-4-5-9-16(14)17/h4-13H,3H2,1-2H3,(H,22,24)(H,23,25). The Labute approximate surface area is 157 Å². The number of hydrogen-bond donors (Lipinski definition) is 2. The van der Waals surface area contributed by atoms with Crippen molar-refractivity contribution in [3.05, 3.63) is 71.8 Å². The second kappa shape index (κ2) is 8.23. The monoisotopic (exact) mass is 364 g/mol. The Hall–Kier alpha value is -3.54. The third kappa shape index (κ3) is 4.00. The highest BCUT2D eigenvalue weighted by molar-refractivity contribution is 6.08. The van der Waals surface area contributed by atoms with Gasteiger partial charge in [0.2, 0.25) is 0 Å². The summed E-state index contributed by atoms with van der Waals surface area (Å²) < 4.78 is 10.7. The average Bonchev–Trinajstić information content (AvgIpc) is 2.71. The first kappa shape index (κ1) is 18.3. The highest BCUT2D eigenvalue weighted by Gasteiger charge is 2.14. The van der Waals surface area contributed by atoms with Crippen molar-refractivity contribution in [1.29, 1.82) is 0 Å². The van der Waals surface area contributed by atoms with Gasteiger partial charge in [-0.05, 0) is 42.0 Å². The number of benzene rings is 3. The van der Waals surface area contributed by atoms with Crippen molar-refractivity contribution in [2.45, 2.75) is 6.92 Å². The van der Waals surface area contributed by atoms with Crippen LogP contribution in [0, 0.1) is 0 Å². The third-order valence-corrected chi connectivity index (χ3v) is 4.05. The van der Waals surface area contributed by atoms with Crippen LogP contribution in [0.5, 0.6) is 11.5 Å². The molecule has 0 radical (unpaired) electrons. The van der Waals surface area contributed by atoms with Gasteiger partial charge >= 0.3 is 0 Å². The van der Waals surface area contributed by atoms with E-state index in [1.807, 2.05) is 37.3 Å². The molecule has 0 spiro atoms. The molecule has 138 valence electrons. The minimum absolute atomic E-state index is 0.341. The number of hydrazine groups is 1. The maximum Gasteiger partial charge on any atom is 0.270 e. The zero-order chi connectivity index (χ0) is 19.2. The number of carbonyl (C=O) groups excluding carboxylic acids is 2. The van der Waals surface area contributed by atoms with E-state index in [1.54, 1.807) is 30.3 Å². The first-order chi connectivity index (χ1) is 13.1. The highest BCUT2D eigenvalue weighted by Crippen LogP contribution is 2.28. The number of nitrogens with one attached hydrogen (secondary N) is 2. The Kier molecular flexibility index (Phi) is 5.56. The van der Waals surface area contributed by atoms with Crippen LogP contribution in [-0.4, -0.2) is 25.5 Å². The van der Waals surface area contributed by atoms with Crippen LogP contribution in [0.4, 0.5) is 0 Å². The lowest BCUT2D eigenvalue weighted by atomic mass is 10.0. The van der Waals surface area contributed by atoms with E-state index in [2.05, 4.69) is 10.9 Å². The molecule has 27 heavy (non-hydrogen) atoms. The van der Waals surface area contributed by atoms with E-state index in [4.69, 9.17) is 9.47 Å². The van der Waals surface area contributed by atoms with Gasteiger partial charge in [0.1, 0.15) is 0 Å². The predicted octanol–water partition coefficient (Wildman–Crippen LogP) is 3.32. The summed E-state index contributed by atoms with van der Waals surface area (Å²) >= 11 is 0. The van der Waals surface area contributed by atoms with Crippen molar-refractivity contribution in [2.75, 3.05) is 13.7 Å². The molecule has 0 unspecified atom stereocenters. The van der Waals surface area contributed by atoms with E-state index in [1.165, 1.54) is 7.11 Å². The lowest BCUT2D eigenvalue weighted by Crippen LogP contribution is -2.41. The van der Waals surface area contributed by atoms with E-state index >= 15 is 0 Å². The molecule has 2 N–H and O–H groups in total. The summed E-state index contributed by atoms with van der Waals surface area (Å²) in [6.45, 7) is 2.35. The normalized spacial score (nSPS) is 10.3. The zero-order valence-corrected chi connectivity index (χ0v) is 15.1. The maximum absolute atomic E-state index is 12.5. The molecule has 0 aromatic heterocycles. The zero-order valence-electron chi connectivity index (χ0n) is 15.1. The van der Waals surface area contributed by atoms with Crippen LogP contribution in [0.25, 0.3) is 10.8 Å². The van der Waals surface area contributed by atoms with Crippen molar-refractivity contribution in [3.63, 3.8) is 0 Å². The molecule has 6 nitrogen and oxygen atoms in total. The molecule has 0 saturated carbocycles. The third-order valence-electron chi connectivity index (χ3n) is 4.05. The van der Waals surface area contributed by atoms with Gasteiger partial charge in [-0.2, -0.15) is 0 Å². The van der Waals surface area contributed by atoms with Gasteiger partial charge in [-0.25, -0.2) is 0 Å². The van der Waals surface area contributed by atoms with Gasteiger partial charge in [0.15, 0.2) is 11.5 Å². The van der Waals surface area contributed by atoms with Crippen LogP contribution in [0.15, 0.2) is 60.7 Å². The molecule has 0 atom stereocenters. The van der Waals surface area contributed by atoms with Crippen LogP contribution >= 0.6 is 0 Å². The molecule has 3 aromatic carbocycles. The van der Waals surface area contributed by atoms with Crippen LogP contribution in [0.1, 0.15) is 27.6 Å². The van der Waals surface area contributed by atoms with Crippen LogP contribution in [0.2, 0.25) is 0 Å². The maximum atomic E-state index is 12.5. The van der Waals surface area contributed by atoms with Gasteiger partial charge in [-0.15, -0.1) is 0 Å².